The topological polar surface area (TPSA) is 49.4 Å². The Hall–Kier alpha value is 0.160. The summed E-state index contributed by atoms with van der Waals surface area (Å²) in [5.74, 6) is 0.309. The van der Waals surface area contributed by atoms with Gasteiger partial charge in [-0.3, -0.25) is 0 Å². The number of halogens is 1. The van der Waals surface area contributed by atoms with Crippen LogP contribution in [0.25, 0.3) is 0 Å². The highest BCUT2D eigenvalue weighted by Crippen LogP contribution is 2.29. The van der Waals surface area contributed by atoms with Crippen molar-refractivity contribution in [2.24, 2.45) is 5.41 Å². The van der Waals surface area contributed by atoms with E-state index >= 15 is 0 Å². The Morgan fingerprint density at radius 2 is 1.84 bits per heavy atom. The molecule has 2 heterocycles. The minimum Gasteiger partial charge on any atom is -0.316 e. The molecule has 114 valence electrons. The average molecular weight is 311 g/mol. The number of sulfone groups is 1. The number of rotatable bonds is 2. The van der Waals surface area contributed by atoms with E-state index in [9.17, 15) is 8.42 Å². The highest BCUT2D eigenvalue weighted by Gasteiger charge is 2.38. The van der Waals surface area contributed by atoms with Gasteiger partial charge in [0.15, 0.2) is 9.84 Å². The quantitative estimate of drug-likeness (QED) is 0.835. The van der Waals surface area contributed by atoms with Crippen LogP contribution < -0.4 is 5.32 Å². The van der Waals surface area contributed by atoms with Gasteiger partial charge in [0, 0.05) is 19.6 Å². The predicted molar refractivity (Wildman–Crippen MR) is 81.8 cm³/mol. The Kier molecular flexibility index (Phi) is 5.33. The van der Waals surface area contributed by atoms with Gasteiger partial charge in [0.1, 0.15) is 0 Å². The molecule has 1 unspecified atom stereocenters. The summed E-state index contributed by atoms with van der Waals surface area (Å²) in [6.07, 6.45) is 1.94. The molecule has 1 N–H and O–H groups in total. The van der Waals surface area contributed by atoms with Crippen LogP contribution in [0.2, 0.25) is 0 Å². The maximum atomic E-state index is 12.1. The van der Waals surface area contributed by atoms with Crippen LogP contribution in [0, 0.1) is 5.41 Å². The highest BCUT2D eigenvalue weighted by atomic mass is 35.5. The van der Waals surface area contributed by atoms with Crippen LogP contribution in [0.5, 0.6) is 0 Å². The van der Waals surface area contributed by atoms with Crippen molar-refractivity contribution in [1.82, 2.24) is 10.2 Å². The van der Waals surface area contributed by atoms with E-state index in [1.807, 2.05) is 13.8 Å². The maximum Gasteiger partial charge on any atom is 0.156 e. The van der Waals surface area contributed by atoms with Crippen molar-refractivity contribution in [3.8, 4) is 0 Å². The molecule has 0 radical (unpaired) electrons. The third-order valence-electron chi connectivity index (χ3n) is 4.61. The lowest BCUT2D eigenvalue weighted by Gasteiger charge is -2.31. The van der Waals surface area contributed by atoms with Crippen LogP contribution in [-0.4, -0.2) is 56.5 Å². The molecule has 19 heavy (non-hydrogen) atoms. The van der Waals surface area contributed by atoms with Gasteiger partial charge in [0.05, 0.1) is 10.5 Å². The van der Waals surface area contributed by atoms with E-state index in [-0.39, 0.29) is 12.4 Å². The predicted octanol–water partition coefficient (Wildman–Crippen LogP) is 1.31. The van der Waals surface area contributed by atoms with Gasteiger partial charge >= 0.3 is 0 Å². The summed E-state index contributed by atoms with van der Waals surface area (Å²) in [5.41, 5.74) is 0.318. The molecular weight excluding hydrogens is 284 g/mol. The summed E-state index contributed by atoms with van der Waals surface area (Å²) < 4.78 is 23.7. The summed E-state index contributed by atoms with van der Waals surface area (Å²) in [4.78, 5) is 2.35. The molecule has 0 saturated carbocycles. The van der Waals surface area contributed by atoms with E-state index in [2.05, 4.69) is 17.1 Å². The van der Waals surface area contributed by atoms with E-state index in [4.69, 9.17) is 0 Å². The first-order valence-electron chi connectivity index (χ1n) is 6.90. The first kappa shape index (κ1) is 17.2. The van der Waals surface area contributed by atoms with Gasteiger partial charge in [-0.05, 0) is 45.2 Å². The molecule has 2 fully saturated rings. The Balaban J connectivity index is 0.00000180. The average Bonchev–Trinajstić information content (AvgIpc) is 2.65. The van der Waals surface area contributed by atoms with Crippen molar-refractivity contribution >= 4 is 22.2 Å². The zero-order valence-electron chi connectivity index (χ0n) is 12.2. The summed E-state index contributed by atoms with van der Waals surface area (Å²) >= 11 is 0. The van der Waals surface area contributed by atoms with Crippen LogP contribution in [0.15, 0.2) is 0 Å². The fourth-order valence-electron chi connectivity index (χ4n) is 2.92. The zero-order chi connectivity index (χ0) is 13.4. The molecule has 0 aliphatic carbocycles. The Labute approximate surface area is 123 Å². The second-order valence-corrected chi connectivity index (χ2v) is 9.59. The second kappa shape index (κ2) is 5.88. The molecule has 0 spiro atoms. The lowest BCUT2D eigenvalue weighted by Crippen LogP contribution is -2.38. The van der Waals surface area contributed by atoms with E-state index in [1.165, 1.54) is 6.42 Å². The van der Waals surface area contributed by atoms with Crippen LogP contribution in [0.3, 0.4) is 0 Å². The first-order chi connectivity index (χ1) is 8.24. The fourth-order valence-corrected chi connectivity index (χ4v) is 4.38. The summed E-state index contributed by atoms with van der Waals surface area (Å²) in [6, 6.07) is 0. The lowest BCUT2D eigenvalue weighted by atomic mass is 9.89. The summed E-state index contributed by atoms with van der Waals surface area (Å²) in [6.45, 7) is 10.8. The molecule has 6 heteroatoms. The molecule has 0 aromatic rings. The van der Waals surface area contributed by atoms with Gasteiger partial charge in [-0.2, -0.15) is 0 Å². The molecule has 0 aromatic heterocycles. The number of hydrogen-bond acceptors (Lipinski definition) is 4. The summed E-state index contributed by atoms with van der Waals surface area (Å²) in [5, 5.41) is 3.41. The molecule has 0 bridgehead atoms. The van der Waals surface area contributed by atoms with E-state index in [0.717, 1.165) is 32.6 Å². The first-order valence-corrected chi connectivity index (χ1v) is 8.55. The molecular formula is C13H27ClN2O2S. The molecule has 2 rings (SSSR count). The normalized spacial score (nSPS) is 34.5. The molecule has 2 saturated heterocycles. The van der Waals surface area contributed by atoms with Crippen molar-refractivity contribution in [2.75, 3.05) is 38.5 Å². The maximum absolute atomic E-state index is 12.1. The van der Waals surface area contributed by atoms with Crippen LogP contribution in [-0.2, 0) is 9.84 Å². The zero-order valence-corrected chi connectivity index (χ0v) is 13.9. The van der Waals surface area contributed by atoms with E-state index in [0.29, 0.717) is 17.7 Å². The molecule has 2 aliphatic heterocycles. The van der Waals surface area contributed by atoms with Crippen molar-refractivity contribution in [3.05, 3.63) is 0 Å². The molecule has 4 nitrogen and oxygen atoms in total. The van der Waals surface area contributed by atoms with E-state index < -0.39 is 14.6 Å². The minimum atomic E-state index is -2.94. The highest BCUT2D eigenvalue weighted by molar-refractivity contribution is 7.92. The Morgan fingerprint density at radius 3 is 2.42 bits per heavy atom. The van der Waals surface area contributed by atoms with Crippen LogP contribution in [0.1, 0.15) is 33.6 Å². The SMILES string of the molecule is CC1(CN2CCC(C)(C)S(=O)(=O)CC2)CCNC1.Cl. The van der Waals surface area contributed by atoms with Crippen molar-refractivity contribution in [1.29, 1.82) is 0 Å². The van der Waals surface area contributed by atoms with Gasteiger partial charge in [0.2, 0.25) is 0 Å². The monoisotopic (exact) mass is 310 g/mol. The third kappa shape index (κ3) is 3.84. The van der Waals surface area contributed by atoms with Gasteiger partial charge in [0.25, 0.3) is 0 Å². The Morgan fingerprint density at radius 1 is 1.16 bits per heavy atom. The Bertz CT molecular complexity index is 403. The number of nitrogens with zero attached hydrogens (tertiary/aromatic N) is 1. The van der Waals surface area contributed by atoms with Crippen molar-refractivity contribution < 1.29 is 8.42 Å². The molecule has 1 atom stereocenters. The van der Waals surface area contributed by atoms with E-state index in [1.54, 1.807) is 0 Å². The fraction of sp³-hybridized carbons (Fsp3) is 1.00. The molecule has 0 aromatic carbocycles. The summed E-state index contributed by atoms with van der Waals surface area (Å²) in [7, 11) is -2.94. The van der Waals surface area contributed by atoms with Crippen LogP contribution >= 0.6 is 12.4 Å². The number of hydrogen-bond donors (Lipinski definition) is 1. The largest absolute Gasteiger partial charge is 0.316 e. The molecule has 0 amide bonds. The van der Waals surface area contributed by atoms with Gasteiger partial charge < -0.3 is 10.2 Å². The minimum absolute atomic E-state index is 0. The lowest BCUT2D eigenvalue weighted by molar-refractivity contribution is 0.184. The van der Waals surface area contributed by atoms with Gasteiger partial charge in [-0.15, -0.1) is 12.4 Å². The van der Waals surface area contributed by atoms with Gasteiger partial charge in [-0.25, -0.2) is 8.42 Å². The number of nitrogens with one attached hydrogen (secondary N) is 1. The van der Waals surface area contributed by atoms with Crippen LogP contribution in [0.4, 0.5) is 0 Å². The van der Waals surface area contributed by atoms with Crippen molar-refractivity contribution in [3.63, 3.8) is 0 Å². The standard InChI is InChI=1S/C13H26N2O2S.ClH/c1-12(2)5-7-15(8-9-18(12,16)17)11-13(3)4-6-14-10-13;/h14H,4-11H2,1-3H3;1H. The third-order valence-corrected chi connectivity index (χ3v) is 7.22. The van der Waals surface area contributed by atoms with Crippen molar-refractivity contribution in [2.45, 2.75) is 38.4 Å². The van der Waals surface area contributed by atoms with Gasteiger partial charge in [-0.1, -0.05) is 6.92 Å². The second-order valence-electron chi connectivity index (χ2n) is 6.84. The smallest absolute Gasteiger partial charge is 0.156 e. The molecule has 2 aliphatic rings.